The molecular formula is C13H16FNO3. The van der Waals surface area contributed by atoms with Crippen LogP contribution in [-0.4, -0.2) is 26.4 Å². The summed E-state index contributed by atoms with van der Waals surface area (Å²) in [6, 6.07) is 3.11. The molecule has 0 aliphatic heterocycles. The van der Waals surface area contributed by atoms with Gasteiger partial charge in [-0.3, -0.25) is 0 Å². The van der Waals surface area contributed by atoms with Crippen LogP contribution in [0.3, 0.4) is 0 Å². The lowest BCUT2D eigenvalue weighted by atomic mass is 10.1. The number of benzene rings is 1. The summed E-state index contributed by atoms with van der Waals surface area (Å²) in [4.78, 5) is 11.6. The summed E-state index contributed by atoms with van der Waals surface area (Å²) in [7, 11) is 2.70. The molecule has 5 heteroatoms. The van der Waals surface area contributed by atoms with Crippen LogP contribution in [0.25, 0.3) is 6.08 Å². The molecule has 0 bridgehead atoms. The Morgan fingerprint density at radius 3 is 2.67 bits per heavy atom. The van der Waals surface area contributed by atoms with Gasteiger partial charge in [-0.15, -0.1) is 0 Å². The largest absolute Gasteiger partial charge is 0.465 e. The van der Waals surface area contributed by atoms with Crippen molar-refractivity contribution in [2.75, 3.05) is 19.5 Å². The zero-order valence-corrected chi connectivity index (χ0v) is 10.6. The molecule has 0 heterocycles. The zero-order chi connectivity index (χ0) is 13.7. The molecule has 0 fully saturated rings. The maximum absolute atomic E-state index is 14.1. The summed E-state index contributed by atoms with van der Waals surface area (Å²) in [5.41, 5.74) is 0.407. The number of anilines is 1. The van der Waals surface area contributed by atoms with Crippen molar-refractivity contribution >= 4 is 17.7 Å². The first-order valence-corrected chi connectivity index (χ1v) is 5.37. The fourth-order valence-corrected chi connectivity index (χ4v) is 1.45. The van der Waals surface area contributed by atoms with Crippen molar-refractivity contribution in [3.63, 3.8) is 0 Å². The van der Waals surface area contributed by atoms with Crippen molar-refractivity contribution in [1.82, 2.24) is 0 Å². The van der Waals surface area contributed by atoms with E-state index in [1.54, 1.807) is 13.0 Å². The summed E-state index contributed by atoms with van der Waals surface area (Å²) in [6.07, 6.45) is 0.980. The first kappa shape index (κ1) is 14.2. The fraction of sp³-hybridized carbons (Fsp3) is 0.308. The monoisotopic (exact) mass is 253 g/mol. The summed E-state index contributed by atoms with van der Waals surface area (Å²) in [6.45, 7) is 5.22. The van der Waals surface area contributed by atoms with Crippen LogP contribution >= 0.6 is 0 Å². The standard InChI is InChI=1S/C13H16FNO3/c1-5-9-6-7-10(15-8(2)17-3)11(12(9)14)13(16)18-4/h5-8,15H,1H2,2-4H3/t8-/m1/s1. The van der Waals surface area contributed by atoms with Crippen molar-refractivity contribution in [3.8, 4) is 0 Å². The van der Waals surface area contributed by atoms with Gasteiger partial charge in [0.2, 0.25) is 0 Å². The number of nitrogens with one attached hydrogen (secondary N) is 1. The molecule has 1 atom stereocenters. The molecule has 0 radical (unpaired) electrons. The van der Waals surface area contributed by atoms with Crippen molar-refractivity contribution < 1.29 is 18.7 Å². The van der Waals surface area contributed by atoms with E-state index < -0.39 is 11.8 Å². The third kappa shape index (κ3) is 2.87. The Morgan fingerprint density at radius 1 is 1.50 bits per heavy atom. The Bertz CT molecular complexity index is 460. The third-order valence-electron chi connectivity index (χ3n) is 2.49. The van der Waals surface area contributed by atoms with Crippen LogP contribution in [0, 0.1) is 5.82 Å². The average molecular weight is 253 g/mol. The van der Waals surface area contributed by atoms with Gasteiger partial charge in [-0.1, -0.05) is 12.7 Å². The smallest absolute Gasteiger partial charge is 0.343 e. The second-order valence-corrected chi connectivity index (χ2v) is 3.61. The van der Waals surface area contributed by atoms with Crippen molar-refractivity contribution in [3.05, 3.63) is 35.7 Å². The Kier molecular flexibility index (Phi) is 4.85. The number of hydrogen-bond acceptors (Lipinski definition) is 4. The fourth-order valence-electron chi connectivity index (χ4n) is 1.45. The van der Waals surface area contributed by atoms with Gasteiger partial charge < -0.3 is 14.8 Å². The third-order valence-corrected chi connectivity index (χ3v) is 2.49. The van der Waals surface area contributed by atoms with Gasteiger partial charge in [0, 0.05) is 12.7 Å². The Balaban J connectivity index is 3.29. The number of carbonyl (C=O) groups excluding carboxylic acids is 1. The minimum Gasteiger partial charge on any atom is -0.465 e. The van der Waals surface area contributed by atoms with Crippen LogP contribution in [-0.2, 0) is 9.47 Å². The van der Waals surface area contributed by atoms with Gasteiger partial charge >= 0.3 is 5.97 Å². The van der Waals surface area contributed by atoms with Crippen LogP contribution in [0.15, 0.2) is 18.7 Å². The van der Waals surface area contributed by atoms with Gasteiger partial charge in [0.05, 0.1) is 12.8 Å². The van der Waals surface area contributed by atoms with Gasteiger partial charge in [-0.05, 0) is 19.1 Å². The van der Waals surface area contributed by atoms with E-state index in [2.05, 4.69) is 16.6 Å². The normalized spacial score (nSPS) is 11.8. The molecule has 1 aromatic rings. The first-order valence-electron chi connectivity index (χ1n) is 5.37. The number of hydrogen-bond donors (Lipinski definition) is 1. The van der Waals surface area contributed by atoms with E-state index >= 15 is 0 Å². The maximum atomic E-state index is 14.1. The minimum atomic E-state index is -0.748. The van der Waals surface area contributed by atoms with Gasteiger partial charge in [0.15, 0.2) is 0 Å². The number of rotatable bonds is 5. The molecule has 98 valence electrons. The molecule has 0 spiro atoms. The van der Waals surface area contributed by atoms with Crippen LogP contribution in [0.2, 0.25) is 0 Å². The van der Waals surface area contributed by atoms with E-state index in [9.17, 15) is 9.18 Å². The van der Waals surface area contributed by atoms with Crippen molar-refractivity contribution in [2.24, 2.45) is 0 Å². The van der Waals surface area contributed by atoms with Gasteiger partial charge in [-0.2, -0.15) is 0 Å². The molecule has 18 heavy (non-hydrogen) atoms. The molecule has 1 aromatic carbocycles. The predicted octanol–water partition coefficient (Wildman–Crippen LogP) is 2.66. The lowest BCUT2D eigenvalue weighted by Crippen LogP contribution is -2.20. The van der Waals surface area contributed by atoms with Gasteiger partial charge in [0.25, 0.3) is 0 Å². The molecule has 0 aliphatic carbocycles. The highest BCUT2D eigenvalue weighted by atomic mass is 19.1. The number of carbonyl (C=O) groups is 1. The predicted molar refractivity (Wildman–Crippen MR) is 67.9 cm³/mol. The quantitative estimate of drug-likeness (QED) is 0.647. The average Bonchev–Trinajstić information content (AvgIpc) is 2.38. The molecule has 1 N–H and O–H groups in total. The van der Waals surface area contributed by atoms with Crippen LogP contribution < -0.4 is 5.32 Å². The van der Waals surface area contributed by atoms with E-state index in [0.29, 0.717) is 5.69 Å². The van der Waals surface area contributed by atoms with E-state index in [1.165, 1.54) is 26.4 Å². The first-order chi connectivity index (χ1) is 8.54. The summed E-state index contributed by atoms with van der Waals surface area (Å²) in [5, 5.41) is 2.87. The highest BCUT2D eigenvalue weighted by Crippen LogP contribution is 2.24. The Morgan fingerprint density at radius 2 is 2.17 bits per heavy atom. The summed E-state index contributed by atoms with van der Waals surface area (Å²) in [5.74, 6) is -1.41. The van der Waals surface area contributed by atoms with E-state index in [4.69, 9.17) is 4.74 Å². The highest BCUT2D eigenvalue weighted by molar-refractivity contribution is 5.96. The number of methoxy groups -OCH3 is 2. The summed E-state index contributed by atoms with van der Waals surface area (Å²) < 4.78 is 23.7. The lowest BCUT2D eigenvalue weighted by molar-refractivity contribution is 0.0596. The summed E-state index contributed by atoms with van der Waals surface area (Å²) >= 11 is 0. The van der Waals surface area contributed by atoms with Crippen LogP contribution in [0.5, 0.6) is 0 Å². The van der Waals surface area contributed by atoms with E-state index in [1.807, 2.05) is 0 Å². The SMILES string of the molecule is C=Cc1ccc(N[C@@H](C)OC)c(C(=O)OC)c1F. The minimum absolute atomic E-state index is 0.154. The molecule has 0 unspecified atom stereocenters. The number of halogens is 1. The molecule has 0 aliphatic rings. The molecule has 0 saturated heterocycles. The molecule has 4 nitrogen and oxygen atoms in total. The molecule has 0 aromatic heterocycles. The highest BCUT2D eigenvalue weighted by Gasteiger charge is 2.20. The Hall–Kier alpha value is -1.88. The lowest BCUT2D eigenvalue weighted by Gasteiger charge is -2.17. The van der Waals surface area contributed by atoms with Crippen LogP contribution in [0.4, 0.5) is 10.1 Å². The molecule has 1 rings (SSSR count). The number of esters is 1. The van der Waals surface area contributed by atoms with Crippen molar-refractivity contribution in [2.45, 2.75) is 13.2 Å². The van der Waals surface area contributed by atoms with Gasteiger partial charge in [0.1, 0.15) is 17.6 Å². The van der Waals surface area contributed by atoms with Crippen LogP contribution in [0.1, 0.15) is 22.8 Å². The van der Waals surface area contributed by atoms with Crippen molar-refractivity contribution in [1.29, 1.82) is 0 Å². The molecular weight excluding hydrogens is 237 g/mol. The molecule has 0 saturated carbocycles. The number of ether oxygens (including phenoxy) is 2. The van der Waals surface area contributed by atoms with E-state index in [0.717, 1.165) is 0 Å². The molecule has 0 amide bonds. The Labute approximate surface area is 105 Å². The van der Waals surface area contributed by atoms with E-state index in [-0.39, 0.29) is 17.4 Å². The maximum Gasteiger partial charge on any atom is 0.343 e. The topological polar surface area (TPSA) is 47.6 Å². The zero-order valence-electron chi connectivity index (χ0n) is 10.6. The van der Waals surface area contributed by atoms with Gasteiger partial charge in [-0.25, -0.2) is 9.18 Å². The second-order valence-electron chi connectivity index (χ2n) is 3.61. The second kappa shape index (κ2) is 6.16.